The lowest BCUT2D eigenvalue weighted by atomic mass is 10.2. The van der Waals surface area contributed by atoms with Gasteiger partial charge in [-0.25, -0.2) is 0 Å². The van der Waals surface area contributed by atoms with Crippen LogP contribution in [0.3, 0.4) is 0 Å². The van der Waals surface area contributed by atoms with Gasteiger partial charge in [-0.3, -0.25) is 4.79 Å². The van der Waals surface area contributed by atoms with Crippen LogP contribution in [0.2, 0.25) is 0 Å². The third kappa shape index (κ3) is 2.45. The highest BCUT2D eigenvalue weighted by atomic mass is 16.5. The van der Waals surface area contributed by atoms with Gasteiger partial charge in [-0.05, 0) is 5.16 Å². The zero-order valence-electron chi connectivity index (χ0n) is 7.06. The van der Waals surface area contributed by atoms with Crippen molar-refractivity contribution in [2.75, 3.05) is 7.11 Å². The quantitative estimate of drug-likeness (QED) is 0.666. The van der Waals surface area contributed by atoms with E-state index in [2.05, 4.69) is 5.16 Å². The summed E-state index contributed by atoms with van der Waals surface area (Å²) in [4.78, 5) is 10.4. The van der Waals surface area contributed by atoms with E-state index in [-0.39, 0.29) is 6.42 Å². The fourth-order valence-corrected chi connectivity index (χ4v) is 0.790. The van der Waals surface area contributed by atoms with Crippen molar-refractivity contribution < 1.29 is 19.2 Å². The molecule has 0 fully saturated rings. The Morgan fingerprint density at radius 2 is 2.62 bits per heavy atom. The van der Waals surface area contributed by atoms with Crippen LogP contribution in [0.15, 0.2) is 10.6 Å². The molecule has 0 bridgehead atoms. The van der Waals surface area contributed by atoms with E-state index in [1.165, 1.54) is 13.2 Å². The number of hydrogen-bond donors (Lipinski definition) is 2. The molecule has 6 nitrogen and oxygen atoms in total. The fraction of sp³-hybridized carbons (Fsp3) is 0.429. The summed E-state index contributed by atoms with van der Waals surface area (Å²) in [6, 6.07) is 0.528. The first-order chi connectivity index (χ1) is 6.13. The molecule has 0 saturated carbocycles. The SMILES string of the molecule is COc1cc(C[C@@H](N)C(=O)O)on1. The Hall–Kier alpha value is -1.56. The van der Waals surface area contributed by atoms with Gasteiger partial charge < -0.3 is 20.1 Å². The molecule has 1 rings (SSSR count). The molecular weight excluding hydrogens is 176 g/mol. The standard InChI is InChI=1S/C7H10N2O4/c1-12-6-3-4(13-9-6)2-5(8)7(10)11/h3,5H,2,8H2,1H3,(H,10,11)/t5-/m1/s1. The highest BCUT2D eigenvalue weighted by molar-refractivity contribution is 5.73. The van der Waals surface area contributed by atoms with E-state index in [9.17, 15) is 4.79 Å². The predicted octanol–water partition coefficient (Wildman–Crippen LogP) is -0.362. The van der Waals surface area contributed by atoms with Gasteiger partial charge in [0.2, 0.25) is 0 Å². The second-order valence-electron chi connectivity index (χ2n) is 2.48. The highest BCUT2D eigenvalue weighted by Gasteiger charge is 2.15. The lowest BCUT2D eigenvalue weighted by Crippen LogP contribution is -2.32. The molecular formula is C7H10N2O4. The number of rotatable bonds is 4. The van der Waals surface area contributed by atoms with Crippen LogP contribution in [0.4, 0.5) is 0 Å². The number of aromatic nitrogens is 1. The van der Waals surface area contributed by atoms with Gasteiger partial charge in [0.05, 0.1) is 7.11 Å². The van der Waals surface area contributed by atoms with Gasteiger partial charge >= 0.3 is 5.97 Å². The van der Waals surface area contributed by atoms with Gasteiger partial charge in [-0.2, -0.15) is 0 Å². The van der Waals surface area contributed by atoms with Crippen molar-refractivity contribution in [2.24, 2.45) is 5.73 Å². The van der Waals surface area contributed by atoms with Gasteiger partial charge in [0.15, 0.2) is 0 Å². The van der Waals surface area contributed by atoms with Crippen LogP contribution in [0.25, 0.3) is 0 Å². The molecule has 1 aromatic rings. The number of methoxy groups -OCH3 is 1. The average molecular weight is 186 g/mol. The van der Waals surface area contributed by atoms with Crippen molar-refractivity contribution in [2.45, 2.75) is 12.5 Å². The molecule has 0 aliphatic carbocycles. The Kier molecular flexibility index (Phi) is 2.86. The Morgan fingerprint density at radius 3 is 3.08 bits per heavy atom. The summed E-state index contributed by atoms with van der Waals surface area (Å²) in [6.07, 6.45) is 0.103. The van der Waals surface area contributed by atoms with E-state index in [0.29, 0.717) is 11.6 Å². The number of carbonyl (C=O) groups is 1. The maximum absolute atomic E-state index is 10.4. The molecule has 0 spiro atoms. The summed E-state index contributed by atoms with van der Waals surface area (Å²) in [6.45, 7) is 0. The topological polar surface area (TPSA) is 98.6 Å². The molecule has 6 heteroatoms. The van der Waals surface area contributed by atoms with E-state index in [1.54, 1.807) is 0 Å². The molecule has 3 N–H and O–H groups in total. The maximum atomic E-state index is 10.4. The summed E-state index contributed by atoms with van der Waals surface area (Å²) in [5.74, 6) is -0.366. The van der Waals surface area contributed by atoms with Crippen molar-refractivity contribution in [1.29, 1.82) is 0 Å². The molecule has 0 aliphatic rings. The first-order valence-corrected chi connectivity index (χ1v) is 3.61. The van der Waals surface area contributed by atoms with Gasteiger partial charge in [-0.15, -0.1) is 0 Å². The summed E-state index contributed by atoms with van der Waals surface area (Å²) >= 11 is 0. The predicted molar refractivity (Wildman–Crippen MR) is 42.4 cm³/mol. The Labute approximate surface area is 74.3 Å². The molecule has 0 radical (unpaired) electrons. The summed E-state index contributed by atoms with van der Waals surface area (Å²) in [5, 5.41) is 12.0. The molecule has 0 unspecified atom stereocenters. The number of carboxylic acids is 1. The first-order valence-electron chi connectivity index (χ1n) is 3.61. The zero-order valence-corrected chi connectivity index (χ0v) is 7.06. The van der Waals surface area contributed by atoms with Gasteiger partial charge in [0, 0.05) is 12.5 Å². The van der Waals surface area contributed by atoms with Crippen molar-refractivity contribution in [1.82, 2.24) is 5.16 Å². The van der Waals surface area contributed by atoms with Crippen molar-refractivity contribution in [3.05, 3.63) is 11.8 Å². The fourth-order valence-electron chi connectivity index (χ4n) is 0.790. The largest absolute Gasteiger partial charge is 0.480 e. The van der Waals surface area contributed by atoms with Crippen LogP contribution < -0.4 is 10.5 Å². The smallest absolute Gasteiger partial charge is 0.320 e. The highest BCUT2D eigenvalue weighted by Crippen LogP contribution is 2.11. The van der Waals surface area contributed by atoms with E-state index in [4.69, 9.17) is 20.1 Å². The average Bonchev–Trinajstić information content (AvgIpc) is 2.52. The van der Waals surface area contributed by atoms with Crippen molar-refractivity contribution in [3.63, 3.8) is 0 Å². The second kappa shape index (κ2) is 3.90. The van der Waals surface area contributed by atoms with Crippen LogP contribution in [0.1, 0.15) is 5.76 Å². The summed E-state index contributed by atoms with van der Waals surface area (Å²) in [7, 11) is 1.44. The minimum absolute atomic E-state index is 0.103. The Morgan fingerprint density at radius 1 is 1.92 bits per heavy atom. The van der Waals surface area contributed by atoms with Gasteiger partial charge in [0.25, 0.3) is 5.88 Å². The van der Waals surface area contributed by atoms with Crippen LogP contribution in [0.5, 0.6) is 5.88 Å². The lowest BCUT2D eigenvalue weighted by molar-refractivity contribution is -0.138. The minimum Gasteiger partial charge on any atom is -0.480 e. The number of carboxylic acid groups (broad SMARTS) is 1. The Balaban J connectivity index is 2.58. The van der Waals surface area contributed by atoms with E-state index in [0.717, 1.165) is 0 Å². The number of aliphatic carboxylic acids is 1. The molecule has 13 heavy (non-hydrogen) atoms. The first kappa shape index (κ1) is 9.53. The van der Waals surface area contributed by atoms with E-state index >= 15 is 0 Å². The van der Waals surface area contributed by atoms with Crippen LogP contribution in [-0.2, 0) is 11.2 Å². The van der Waals surface area contributed by atoms with E-state index in [1.807, 2.05) is 0 Å². The third-order valence-electron chi connectivity index (χ3n) is 1.48. The van der Waals surface area contributed by atoms with Crippen LogP contribution >= 0.6 is 0 Å². The molecule has 0 saturated heterocycles. The van der Waals surface area contributed by atoms with E-state index < -0.39 is 12.0 Å². The molecule has 0 amide bonds. The van der Waals surface area contributed by atoms with Crippen LogP contribution in [0, 0.1) is 0 Å². The number of ether oxygens (including phenoxy) is 1. The maximum Gasteiger partial charge on any atom is 0.320 e. The third-order valence-corrected chi connectivity index (χ3v) is 1.48. The van der Waals surface area contributed by atoms with Crippen molar-refractivity contribution in [3.8, 4) is 5.88 Å². The minimum atomic E-state index is -1.07. The lowest BCUT2D eigenvalue weighted by Gasteiger charge is -2.00. The normalized spacial score (nSPS) is 12.5. The van der Waals surface area contributed by atoms with Crippen molar-refractivity contribution >= 4 is 5.97 Å². The molecule has 0 aromatic carbocycles. The zero-order chi connectivity index (χ0) is 9.84. The number of nitrogens with zero attached hydrogens (tertiary/aromatic N) is 1. The number of nitrogens with two attached hydrogens (primary N) is 1. The molecule has 1 aromatic heterocycles. The molecule has 1 atom stereocenters. The molecule has 1 heterocycles. The Bertz CT molecular complexity index is 296. The summed E-state index contributed by atoms with van der Waals surface area (Å²) in [5.41, 5.74) is 5.27. The number of hydrogen-bond acceptors (Lipinski definition) is 5. The van der Waals surface area contributed by atoms with Gasteiger partial charge in [-0.1, -0.05) is 0 Å². The molecule has 72 valence electrons. The molecule has 0 aliphatic heterocycles. The summed E-state index contributed by atoms with van der Waals surface area (Å²) < 4.78 is 9.50. The van der Waals surface area contributed by atoms with Gasteiger partial charge in [0.1, 0.15) is 11.8 Å². The second-order valence-corrected chi connectivity index (χ2v) is 2.48. The monoisotopic (exact) mass is 186 g/mol. The van der Waals surface area contributed by atoms with Crippen LogP contribution in [-0.4, -0.2) is 29.4 Å².